The van der Waals surface area contributed by atoms with Crippen LogP contribution in [0, 0.1) is 0 Å². The molecule has 0 aliphatic heterocycles. The first-order valence-corrected chi connectivity index (χ1v) is 14.4. The molecule has 40 heavy (non-hydrogen) atoms. The second kappa shape index (κ2) is 12.9. The van der Waals surface area contributed by atoms with E-state index in [4.69, 9.17) is 0 Å². The van der Waals surface area contributed by atoms with E-state index in [0.29, 0.717) is 23.0 Å². The molecular weight excluding hydrogens is 547 g/mol. The van der Waals surface area contributed by atoms with Crippen LogP contribution < -0.4 is 20.3 Å². The molecule has 14 heteroatoms. The van der Waals surface area contributed by atoms with Crippen molar-refractivity contribution in [3.8, 4) is 0 Å². The van der Waals surface area contributed by atoms with Crippen LogP contribution in [-0.2, 0) is 22.7 Å². The molecule has 216 valence electrons. The van der Waals surface area contributed by atoms with E-state index >= 15 is 0 Å². The van der Waals surface area contributed by atoms with Crippen molar-refractivity contribution in [3.63, 3.8) is 0 Å². The topological polar surface area (TPSA) is 129 Å². The predicted octanol–water partition coefficient (Wildman–Crippen LogP) is 4.95. The lowest BCUT2D eigenvalue weighted by molar-refractivity contribution is -0.137. The maximum absolute atomic E-state index is 13.7. The molecule has 10 nitrogen and oxygen atoms in total. The molecule has 1 amide bonds. The molecule has 1 unspecified atom stereocenters. The molecule has 0 aliphatic carbocycles. The molecule has 0 saturated carbocycles. The Balaban J connectivity index is 1.83. The van der Waals surface area contributed by atoms with E-state index in [1.54, 1.807) is 36.4 Å². The van der Waals surface area contributed by atoms with Crippen LogP contribution in [0.2, 0.25) is 0 Å². The number of nitrogens with one attached hydrogen (secondary N) is 3. The summed E-state index contributed by atoms with van der Waals surface area (Å²) in [5.74, 6) is -0.851. The summed E-state index contributed by atoms with van der Waals surface area (Å²) in [5, 5.41) is 8.41. The van der Waals surface area contributed by atoms with Gasteiger partial charge in [-0.05, 0) is 37.6 Å². The van der Waals surface area contributed by atoms with E-state index in [1.165, 1.54) is 13.2 Å². The quantitative estimate of drug-likeness (QED) is 0.275. The lowest BCUT2D eigenvalue weighted by Crippen LogP contribution is -2.32. The molecule has 0 radical (unpaired) electrons. The number of benzene rings is 1. The predicted molar refractivity (Wildman–Crippen MR) is 148 cm³/mol. The summed E-state index contributed by atoms with van der Waals surface area (Å²) in [6, 6.07) is 9.54. The third kappa shape index (κ3) is 8.28. The van der Waals surface area contributed by atoms with Crippen molar-refractivity contribution in [2.24, 2.45) is 0 Å². The van der Waals surface area contributed by atoms with Crippen molar-refractivity contribution >= 4 is 39.2 Å². The summed E-state index contributed by atoms with van der Waals surface area (Å²) in [6.45, 7) is 3.80. The fourth-order valence-corrected chi connectivity index (χ4v) is 4.21. The van der Waals surface area contributed by atoms with E-state index in [0.717, 1.165) is 29.8 Å². The van der Waals surface area contributed by atoms with Crippen LogP contribution in [0.5, 0.6) is 0 Å². The summed E-state index contributed by atoms with van der Waals surface area (Å²) in [7, 11) is -2.36. The molecule has 0 aliphatic rings. The third-order valence-electron chi connectivity index (χ3n) is 5.95. The Morgan fingerprint density at radius 1 is 1.15 bits per heavy atom. The highest BCUT2D eigenvalue weighted by Gasteiger charge is 2.35. The zero-order valence-electron chi connectivity index (χ0n) is 22.6. The van der Waals surface area contributed by atoms with Gasteiger partial charge in [-0.1, -0.05) is 31.9 Å². The van der Waals surface area contributed by atoms with Crippen molar-refractivity contribution in [2.75, 3.05) is 28.2 Å². The van der Waals surface area contributed by atoms with E-state index in [1.807, 2.05) is 6.92 Å². The summed E-state index contributed by atoms with van der Waals surface area (Å²) in [6.07, 6.45) is 1.13. The number of amides is 1. The highest BCUT2D eigenvalue weighted by Crippen LogP contribution is 2.34. The van der Waals surface area contributed by atoms with Crippen molar-refractivity contribution in [1.29, 1.82) is 0 Å². The van der Waals surface area contributed by atoms with E-state index in [9.17, 15) is 26.4 Å². The molecule has 1 aromatic carbocycles. The summed E-state index contributed by atoms with van der Waals surface area (Å²) < 4.78 is 66.1. The van der Waals surface area contributed by atoms with Gasteiger partial charge in [0.05, 0.1) is 6.26 Å². The van der Waals surface area contributed by atoms with Gasteiger partial charge in [0, 0.05) is 48.8 Å². The molecule has 3 rings (SSSR count). The molecule has 0 fully saturated rings. The number of carbonyl (C=O) groups excluding carboxylic acids is 1. The van der Waals surface area contributed by atoms with Crippen molar-refractivity contribution in [3.05, 3.63) is 65.5 Å². The first kappa shape index (κ1) is 30.6. The number of sulfonamides is 1. The Hall–Kier alpha value is -3.94. The largest absolute Gasteiger partial charge is 0.421 e. The molecule has 2 heterocycles. The van der Waals surface area contributed by atoms with Gasteiger partial charge in [0.25, 0.3) is 5.91 Å². The Morgan fingerprint density at radius 3 is 2.58 bits per heavy atom. The van der Waals surface area contributed by atoms with E-state index < -0.39 is 27.6 Å². The standard InChI is InChI=1S/C26H32F3N7O3S/c1-5-6-9-17(2)33-24(37)18-10-7-12-20(14-18)34-25-32-16-21(26(27,28)29)22(35-25)31-15-19-11-8-13-30-23(19)36(3)40(4,38)39/h7-8,10-14,16-17H,5-6,9,15H2,1-4H3,(H,33,37)(H2,31,32,34,35). The number of unbranched alkanes of at least 4 members (excludes halogenated alkanes) is 1. The highest BCUT2D eigenvalue weighted by molar-refractivity contribution is 7.92. The average molecular weight is 580 g/mol. The first-order valence-electron chi connectivity index (χ1n) is 12.5. The monoisotopic (exact) mass is 579 g/mol. The van der Waals surface area contributed by atoms with Crippen LogP contribution in [0.25, 0.3) is 0 Å². The Morgan fingerprint density at radius 2 is 1.90 bits per heavy atom. The molecule has 0 saturated heterocycles. The molecular formula is C26H32F3N7O3S. The number of hydrogen-bond donors (Lipinski definition) is 3. The second-order valence-corrected chi connectivity index (χ2v) is 11.3. The lowest BCUT2D eigenvalue weighted by Gasteiger charge is -2.20. The summed E-state index contributed by atoms with van der Waals surface area (Å²) in [5.41, 5.74) is 0.0132. The van der Waals surface area contributed by atoms with Crippen LogP contribution in [-0.4, -0.2) is 48.6 Å². The van der Waals surface area contributed by atoms with Crippen LogP contribution in [0.4, 0.5) is 36.4 Å². The number of alkyl halides is 3. The van der Waals surface area contributed by atoms with Crippen molar-refractivity contribution in [2.45, 2.75) is 51.9 Å². The molecule has 0 spiro atoms. The third-order valence-corrected chi connectivity index (χ3v) is 7.12. The smallest absolute Gasteiger partial charge is 0.365 e. The maximum atomic E-state index is 13.7. The number of aromatic nitrogens is 3. The number of carbonyl (C=O) groups is 1. The number of anilines is 4. The lowest BCUT2D eigenvalue weighted by atomic mass is 10.1. The van der Waals surface area contributed by atoms with Crippen molar-refractivity contribution < 1.29 is 26.4 Å². The minimum Gasteiger partial charge on any atom is -0.365 e. The van der Waals surface area contributed by atoms with E-state index in [-0.39, 0.29) is 30.3 Å². The van der Waals surface area contributed by atoms with Gasteiger partial charge in [-0.3, -0.25) is 9.10 Å². The van der Waals surface area contributed by atoms with Crippen LogP contribution in [0.3, 0.4) is 0 Å². The maximum Gasteiger partial charge on any atom is 0.421 e. The molecule has 1 atom stereocenters. The van der Waals surface area contributed by atoms with Gasteiger partial charge >= 0.3 is 6.18 Å². The van der Waals surface area contributed by atoms with Gasteiger partial charge < -0.3 is 16.0 Å². The van der Waals surface area contributed by atoms with Gasteiger partial charge in [-0.15, -0.1) is 0 Å². The number of rotatable bonds is 12. The van der Waals surface area contributed by atoms with Crippen LogP contribution in [0.1, 0.15) is 54.6 Å². The average Bonchev–Trinajstić information content (AvgIpc) is 2.89. The number of halogens is 3. The number of pyridine rings is 1. The van der Waals surface area contributed by atoms with E-state index in [2.05, 4.69) is 37.8 Å². The van der Waals surface area contributed by atoms with Gasteiger partial charge in [-0.25, -0.2) is 18.4 Å². The Kier molecular flexibility index (Phi) is 9.90. The zero-order chi connectivity index (χ0) is 29.5. The van der Waals surface area contributed by atoms with Gasteiger partial charge in [0.15, 0.2) is 0 Å². The van der Waals surface area contributed by atoms with Gasteiger partial charge in [0.1, 0.15) is 17.2 Å². The molecule has 0 bridgehead atoms. The van der Waals surface area contributed by atoms with Gasteiger partial charge in [-0.2, -0.15) is 18.2 Å². The Labute approximate surface area is 231 Å². The molecule has 2 aromatic heterocycles. The van der Waals surface area contributed by atoms with Gasteiger partial charge in [0.2, 0.25) is 16.0 Å². The Bertz CT molecular complexity index is 1440. The highest BCUT2D eigenvalue weighted by atomic mass is 32.2. The van der Waals surface area contributed by atoms with Crippen molar-refractivity contribution in [1.82, 2.24) is 20.3 Å². The first-order chi connectivity index (χ1) is 18.8. The number of hydrogen-bond acceptors (Lipinski definition) is 8. The molecule has 3 N–H and O–H groups in total. The van der Waals surface area contributed by atoms with Crippen LogP contribution >= 0.6 is 0 Å². The normalized spacial score (nSPS) is 12.5. The number of nitrogens with zero attached hydrogens (tertiary/aromatic N) is 4. The SMILES string of the molecule is CCCCC(C)NC(=O)c1cccc(Nc2ncc(C(F)(F)F)c(NCc3cccnc3N(C)S(C)(=O)=O)n2)c1. The minimum atomic E-state index is -4.76. The fraction of sp³-hybridized carbons (Fsp3) is 0.385. The zero-order valence-corrected chi connectivity index (χ0v) is 23.4. The summed E-state index contributed by atoms with van der Waals surface area (Å²) in [4.78, 5) is 24.5. The summed E-state index contributed by atoms with van der Waals surface area (Å²) >= 11 is 0. The van der Waals surface area contributed by atoms with Crippen LogP contribution in [0.15, 0.2) is 48.8 Å². The second-order valence-electron chi connectivity index (χ2n) is 9.25. The minimum absolute atomic E-state index is 0.00602. The fourth-order valence-electron chi connectivity index (χ4n) is 3.73. The molecule has 3 aromatic rings.